The Morgan fingerprint density at radius 2 is 1.53 bits per heavy atom. The summed E-state index contributed by atoms with van der Waals surface area (Å²) in [6.45, 7) is 2.95. The highest BCUT2D eigenvalue weighted by molar-refractivity contribution is 9.10. The number of carbonyl (C=O) groups excluding carboxylic acids is 1. The molecule has 3 aromatic carbocycles. The number of fused-ring (bicyclic) bond motifs is 1. The van der Waals surface area contributed by atoms with Crippen LogP contribution in [0.5, 0.6) is 0 Å². The van der Waals surface area contributed by atoms with Crippen LogP contribution in [0.1, 0.15) is 16.8 Å². The van der Waals surface area contributed by atoms with Crippen LogP contribution in [-0.4, -0.2) is 50.3 Å². The first kappa shape index (κ1) is 29.4. The van der Waals surface area contributed by atoms with Crippen LogP contribution in [0.4, 0.5) is 5.69 Å². The van der Waals surface area contributed by atoms with Crippen LogP contribution in [0.25, 0.3) is 23.1 Å². The van der Waals surface area contributed by atoms with Crippen LogP contribution < -0.4 is 5.32 Å². The molecule has 10 heteroatoms. The predicted molar refractivity (Wildman–Crippen MR) is 180 cm³/mol. The number of Topliss-reactive ketones (excluding diaryl/α,β-unsaturated/α-hetero) is 1. The van der Waals surface area contributed by atoms with Crippen molar-refractivity contribution in [3.05, 3.63) is 127 Å². The Bertz CT molecular complexity index is 1770. The number of pyridine rings is 1. The molecule has 7 nitrogen and oxygen atoms in total. The van der Waals surface area contributed by atoms with E-state index in [-0.39, 0.29) is 5.78 Å². The summed E-state index contributed by atoms with van der Waals surface area (Å²) in [5, 5.41) is 14.0. The largest absolute Gasteiger partial charge is 0.383 e. The molecule has 1 aliphatic heterocycles. The summed E-state index contributed by atoms with van der Waals surface area (Å²) in [7, 11) is 0. The molecule has 1 fully saturated rings. The van der Waals surface area contributed by atoms with Crippen LogP contribution in [-0.2, 0) is 17.9 Å². The van der Waals surface area contributed by atoms with Gasteiger partial charge in [0.05, 0.1) is 17.8 Å². The zero-order valence-corrected chi connectivity index (χ0v) is 27.0. The maximum Gasteiger partial charge on any atom is 0.187 e. The number of carbonyl (C=O) groups is 1. The van der Waals surface area contributed by atoms with Crippen molar-refractivity contribution in [3.63, 3.8) is 0 Å². The molecule has 0 radical (unpaired) electrons. The molecular weight excluding hydrogens is 692 g/mol. The van der Waals surface area contributed by atoms with Gasteiger partial charge in [-0.2, -0.15) is 0 Å². The molecule has 3 heterocycles. The molecule has 0 saturated carbocycles. The normalized spacial score (nSPS) is 15.9. The summed E-state index contributed by atoms with van der Waals surface area (Å²) < 4.78 is 3.84. The number of halogens is 3. The number of nitrogens with zero attached hydrogens (tertiary/aromatic N) is 5. The Morgan fingerprint density at radius 3 is 2.19 bits per heavy atom. The number of benzene rings is 3. The van der Waals surface area contributed by atoms with Crippen molar-refractivity contribution in [3.8, 4) is 0 Å². The van der Waals surface area contributed by atoms with Gasteiger partial charge in [0.1, 0.15) is 0 Å². The molecule has 43 heavy (non-hydrogen) atoms. The molecule has 216 valence electrons. The van der Waals surface area contributed by atoms with Gasteiger partial charge in [0.2, 0.25) is 0 Å². The van der Waals surface area contributed by atoms with Gasteiger partial charge in [-0.05, 0) is 71.8 Å². The molecule has 1 saturated heterocycles. The van der Waals surface area contributed by atoms with E-state index in [4.69, 9.17) is 11.6 Å². The van der Waals surface area contributed by atoms with Crippen LogP contribution in [0.3, 0.4) is 0 Å². The van der Waals surface area contributed by atoms with E-state index >= 15 is 0 Å². The van der Waals surface area contributed by atoms with E-state index < -0.39 is 0 Å². The van der Waals surface area contributed by atoms with Gasteiger partial charge in [0.25, 0.3) is 0 Å². The number of ketones is 1. The maximum atomic E-state index is 13.6. The van der Waals surface area contributed by atoms with Crippen molar-refractivity contribution in [1.82, 2.24) is 24.9 Å². The monoisotopic (exact) mass is 716 g/mol. The van der Waals surface area contributed by atoms with Gasteiger partial charge in [-0.1, -0.05) is 72.9 Å². The molecule has 1 aliphatic rings. The van der Waals surface area contributed by atoms with Gasteiger partial charge in [-0.15, -0.1) is 5.10 Å². The van der Waals surface area contributed by atoms with E-state index in [0.29, 0.717) is 37.7 Å². The average molecular weight is 719 g/mol. The first-order valence-electron chi connectivity index (χ1n) is 13.8. The molecule has 0 unspecified atom stereocenters. The number of hydrogen-bond donors (Lipinski definition) is 1. The maximum absolute atomic E-state index is 13.6. The third-order valence-corrected chi connectivity index (χ3v) is 8.42. The first-order chi connectivity index (χ1) is 20.9. The third-order valence-electron chi connectivity index (χ3n) is 7.13. The van der Waals surface area contributed by atoms with Crippen molar-refractivity contribution in [1.29, 1.82) is 0 Å². The minimum Gasteiger partial charge on any atom is -0.383 e. The van der Waals surface area contributed by atoms with Crippen LogP contribution in [0.15, 0.2) is 105 Å². The molecular formula is C33H27Br2ClN6O. The van der Waals surface area contributed by atoms with E-state index in [2.05, 4.69) is 57.4 Å². The van der Waals surface area contributed by atoms with E-state index in [1.165, 1.54) is 0 Å². The van der Waals surface area contributed by atoms with Crippen molar-refractivity contribution in [2.75, 3.05) is 25.0 Å². The molecule has 0 bridgehead atoms. The number of aromatic nitrogens is 4. The van der Waals surface area contributed by atoms with Gasteiger partial charge in [0, 0.05) is 74.8 Å². The molecule has 0 atom stereocenters. The van der Waals surface area contributed by atoms with E-state index in [1.807, 2.05) is 95.8 Å². The lowest BCUT2D eigenvalue weighted by Gasteiger charge is -2.29. The SMILES string of the molecule is O=C1/C(=C/c2ccc(Br)cc2)CN(Cc2cn(CCNc3ccnc4cc(Cl)ccc34)nn2)C/C1=C\c1ccc(Br)cc1. The van der Waals surface area contributed by atoms with Crippen LogP contribution >= 0.6 is 43.5 Å². The zero-order chi connectivity index (χ0) is 29.8. The van der Waals surface area contributed by atoms with Gasteiger partial charge < -0.3 is 5.32 Å². The highest BCUT2D eigenvalue weighted by atomic mass is 79.9. The van der Waals surface area contributed by atoms with Gasteiger partial charge >= 0.3 is 0 Å². The number of piperidine rings is 1. The zero-order valence-electron chi connectivity index (χ0n) is 23.1. The number of rotatable bonds is 8. The van der Waals surface area contributed by atoms with Crippen molar-refractivity contribution < 1.29 is 4.79 Å². The summed E-state index contributed by atoms with van der Waals surface area (Å²) in [5.74, 6) is 0.0720. The quantitative estimate of drug-likeness (QED) is 0.166. The lowest BCUT2D eigenvalue weighted by atomic mass is 9.94. The van der Waals surface area contributed by atoms with E-state index in [9.17, 15) is 4.79 Å². The number of likely N-dealkylation sites (tertiary alicyclic amines) is 1. The van der Waals surface area contributed by atoms with Crippen LogP contribution in [0, 0.1) is 0 Å². The Labute approximate surface area is 271 Å². The second-order valence-corrected chi connectivity index (χ2v) is 12.6. The second-order valence-electron chi connectivity index (χ2n) is 10.3. The van der Waals surface area contributed by atoms with Gasteiger partial charge in [-0.3, -0.25) is 19.4 Å². The summed E-state index contributed by atoms with van der Waals surface area (Å²) in [4.78, 5) is 20.2. The van der Waals surface area contributed by atoms with Gasteiger partial charge in [0.15, 0.2) is 5.78 Å². The molecule has 0 aliphatic carbocycles. The fourth-order valence-electron chi connectivity index (χ4n) is 5.07. The number of anilines is 1. The lowest BCUT2D eigenvalue weighted by molar-refractivity contribution is -0.113. The molecule has 2 aromatic heterocycles. The fourth-order valence-corrected chi connectivity index (χ4v) is 5.77. The summed E-state index contributed by atoms with van der Waals surface area (Å²) in [5.41, 5.74) is 6.17. The topological polar surface area (TPSA) is 75.9 Å². The molecule has 6 rings (SSSR count). The summed E-state index contributed by atoms with van der Waals surface area (Å²) >= 11 is 13.1. The van der Waals surface area contributed by atoms with Crippen molar-refractivity contribution >= 4 is 78.0 Å². The highest BCUT2D eigenvalue weighted by Gasteiger charge is 2.27. The van der Waals surface area contributed by atoms with E-state index in [0.717, 1.165) is 53.5 Å². The van der Waals surface area contributed by atoms with Crippen molar-refractivity contribution in [2.45, 2.75) is 13.1 Å². The Hall–Kier alpha value is -3.63. The molecule has 0 amide bonds. The summed E-state index contributed by atoms with van der Waals surface area (Å²) in [6, 6.07) is 23.6. The highest BCUT2D eigenvalue weighted by Crippen LogP contribution is 2.26. The first-order valence-corrected chi connectivity index (χ1v) is 15.7. The predicted octanol–water partition coefficient (Wildman–Crippen LogP) is 7.67. The summed E-state index contributed by atoms with van der Waals surface area (Å²) in [6.07, 6.45) is 7.71. The minimum atomic E-state index is 0.0720. The fraction of sp³-hybridized carbons (Fsp3) is 0.152. The van der Waals surface area contributed by atoms with Gasteiger partial charge in [-0.25, -0.2) is 0 Å². The lowest BCUT2D eigenvalue weighted by Crippen LogP contribution is -2.37. The Kier molecular flexibility index (Phi) is 9.14. The van der Waals surface area contributed by atoms with Crippen molar-refractivity contribution in [2.24, 2.45) is 0 Å². The molecule has 0 spiro atoms. The second kappa shape index (κ2) is 13.3. The Balaban J connectivity index is 1.16. The number of hydrogen-bond acceptors (Lipinski definition) is 6. The minimum absolute atomic E-state index is 0.0720. The average Bonchev–Trinajstić information content (AvgIpc) is 3.44. The standard InChI is InChI=1S/C33H27Br2ClN6O/c34-26-5-1-22(2-6-26)15-24-18-41(19-25(33(24)43)16-23-3-7-27(35)8-4-23)20-29-21-42(40-39-29)14-13-38-31-11-12-37-32-17-28(36)9-10-30(31)32/h1-12,15-17,21H,13-14,18-20H2,(H,37,38)/b24-15+,25-16+. The smallest absolute Gasteiger partial charge is 0.187 e. The Morgan fingerprint density at radius 1 is 0.884 bits per heavy atom. The van der Waals surface area contributed by atoms with Crippen LogP contribution in [0.2, 0.25) is 5.02 Å². The third kappa shape index (κ3) is 7.48. The number of nitrogens with one attached hydrogen (secondary N) is 1. The van der Waals surface area contributed by atoms with E-state index in [1.54, 1.807) is 6.20 Å². The molecule has 1 N–H and O–H groups in total. The molecule has 5 aromatic rings.